The summed E-state index contributed by atoms with van der Waals surface area (Å²) in [6.07, 6.45) is 0. The molecule has 0 fully saturated rings. The molecule has 0 spiro atoms. The molecule has 0 amide bonds. The van der Waals surface area contributed by atoms with Gasteiger partial charge >= 0.3 is 0 Å². The van der Waals surface area contributed by atoms with E-state index in [-0.39, 0.29) is 5.41 Å². The minimum absolute atomic E-state index is 0.108. The van der Waals surface area contributed by atoms with Crippen LogP contribution in [0, 0.1) is 0 Å². The number of methoxy groups -OCH3 is 1. The van der Waals surface area contributed by atoms with Crippen molar-refractivity contribution in [3.05, 3.63) is 28.2 Å². The molecule has 2 N–H and O–H groups in total. The van der Waals surface area contributed by atoms with Gasteiger partial charge in [-0.2, -0.15) is 0 Å². The third-order valence-electron chi connectivity index (χ3n) is 2.38. The van der Waals surface area contributed by atoms with Crippen LogP contribution in [0.3, 0.4) is 0 Å². The van der Waals surface area contributed by atoms with Gasteiger partial charge in [-0.15, -0.1) is 0 Å². The molecule has 1 aromatic carbocycles. The van der Waals surface area contributed by atoms with Crippen molar-refractivity contribution in [1.29, 1.82) is 0 Å². The second-order valence-corrected chi connectivity index (χ2v) is 4.90. The van der Waals surface area contributed by atoms with E-state index in [1.165, 1.54) is 0 Å². The molecular weight excluding hydrogens is 258 g/mol. The molecule has 0 aliphatic heterocycles. The van der Waals surface area contributed by atoms with Gasteiger partial charge in [0.05, 0.1) is 18.2 Å². The second-order valence-electron chi connectivity index (χ2n) is 4.04. The van der Waals surface area contributed by atoms with E-state index in [2.05, 4.69) is 29.8 Å². The molecule has 15 heavy (non-hydrogen) atoms. The lowest BCUT2D eigenvalue weighted by molar-refractivity contribution is 0.0964. The highest BCUT2D eigenvalue weighted by Gasteiger charge is 2.21. The van der Waals surface area contributed by atoms with E-state index in [0.29, 0.717) is 6.61 Å². The van der Waals surface area contributed by atoms with Crippen LogP contribution in [0.4, 0.5) is 0 Å². The Morgan fingerprint density at radius 2 is 2.07 bits per heavy atom. The molecular formula is C11H16BrNO2. The molecule has 0 aromatic heterocycles. The van der Waals surface area contributed by atoms with Gasteiger partial charge in [-0.05, 0) is 33.6 Å². The smallest absolute Gasteiger partial charge is 0.133 e. The van der Waals surface area contributed by atoms with Gasteiger partial charge < -0.3 is 9.57 Å². The van der Waals surface area contributed by atoms with Crippen molar-refractivity contribution in [2.45, 2.75) is 19.3 Å². The molecule has 0 heterocycles. The first-order valence-electron chi connectivity index (χ1n) is 4.67. The van der Waals surface area contributed by atoms with Gasteiger partial charge in [-0.3, -0.25) is 0 Å². The quantitative estimate of drug-likeness (QED) is 0.858. The van der Waals surface area contributed by atoms with Crippen molar-refractivity contribution < 1.29 is 9.57 Å². The number of hydrogen-bond acceptors (Lipinski definition) is 3. The molecule has 1 rings (SSSR count). The molecule has 0 saturated carbocycles. The Labute approximate surface area is 98.6 Å². The SMILES string of the molecule is COc1ccc(C(C)(C)CON)cc1Br. The molecule has 0 aliphatic carbocycles. The third kappa shape index (κ3) is 2.93. The lowest BCUT2D eigenvalue weighted by Gasteiger charge is -2.24. The summed E-state index contributed by atoms with van der Waals surface area (Å²) >= 11 is 3.45. The number of nitrogens with two attached hydrogens (primary N) is 1. The van der Waals surface area contributed by atoms with Crippen LogP contribution in [0.15, 0.2) is 22.7 Å². The predicted molar refractivity (Wildman–Crippen MR) is 63.9 cm³/mol. The Balaban J connectivity index is 3.01. The Morgan fingerprint density at radius 1 is 1.40 bits per heavy atom. The van der Waals surface area contributed by atoms with E-state index in [9.17, 15) is 0 Å². The van der Waals surface area contributed by atoms with E-state index >= 15 is 0 Å². The van der Waals surface area contributed by atoms with Gasteiger partial charge in [-0.25, -0.2) is 5.90 Å². The van der Waals surface area contributed by atoms with Crippen LogP contribution in [0.5, 0.6) is 5.75 Å². The molecule has 0 unspecified atom stereocenters. The first-order valence-corrected chi connectivity index (χ1v) is 5.46. The average Bonchev–Trinajstić information content (AvgIpc) is 2.17. The van der Waals surface area contributed by atoms with E-state index in [4.69, 9.17) is 15.5 Å². The Kier molecular flexibility index (Phi) is 4.13. The summed E-state index contributed by atoms with van der Waals surface area (Å²) in [5.74, 6) is 5.93. The average molecular weight is 274 g/mol. The predicted octanol–water partition coefficient (Wildman–Crippen LogP) is 2.63. The number of benzene rings is 1. The maximum absolute atomic E-state index is 5.17. The van der Waals surface area contributed by atoms with E-state index in [1.54, 1.807) is 7.11 Å². The standard InChI is InChI=1S/C11H16BrNO2/c1-11(2,7-15-13)8-4-5-10(14-3)9(12)6-8/h4-6H,7,13H2,1-3H3. The van der Waals surface area contributed by atoms with Gasteiger partial charge in [0.2, 0.25) is 0 Å². The van der Waals surface area contributed by atoms with Crippen LogP contribution < -0.4 is 10.6 Å². The minimum atomic E-state index is -0.108. The molecule has 0 saturated heterocycles. The van der Waals surface area contributed by atoms with Crippen LogP contribution in [-0.2, 0) is 10.3 Å². The highest BCUT2D eigenvalue weighted by atomic mass is 79.9. The fourth-order valence-corrected chi connectivity index (χ4v) is 1.92. The van der Waals surface area contributed by atoms with Crippen molar-refractivity contribution in [3.63, 3.8) is 0 Å². The molecule has 0 radical (unpaired) electrons. The number of halogens is 1. The second kappa shape index (κ2) is 4.96. The van der Waals surface area contributed by atoms with Crippen molar-refractivity contribution in [3.8, 4) is 5.75 Å². The monoisotopic (exact) mass is 273 g/mol. The summed E-state index contributed by atoms with van der Waals surface area (Å²) in [6.45, 7) is 4.63. The maximum Gasteiger partial charge on any atom is 0.133 e. The van der Waals surface area contributed by atoms with Gasteiger partial charge in [-0.1, -0.05) is 19.9 Å². The van der Waals surface area contributed by atoms with Crippen molar-refractivity contribution in [2.24, 2.45) is 5.90 Å². The van der Waals surface area contributed by atoms with Gasteiger partial charge in [0, 0.05) is 5.41 Å². The zero-order valence-electron chi connectivity index (χ0n) is 9.21. The van der Waals surface area contributed by atoms with Crippen molar-refractivity contribution in [2.75, 3.05) is 13.7 Å². The lowest BCUT2D eigenvalue weighted by atomic mass is 9.86. The summed E-state index contributed by atoms with van der Waals surface area (Å²) in [6, 6.07) is 5.97. The Hall–Kier alpha value is -0.580. The summed E-state index contributed by atoms with van der Waals surface area (Å²) in [5.41, 5.74) is 1.05. The highest BCUT2D eigenvalue weighted by molar-refractivity contribution is 9.10. The van der Waals surface area contributed by atoms with Crippen LogP contribution in [-0.4, -0.2) is 13.7 Å². The molecule has 1 aromatic rings. The molecule has 0 atom stereocenters. The molecule has 4 heteroatoms. The number of ether oxygens (including phenoxy) is 1. The van der Waals surface area contributed by atoms with Crippen LogP contribution in [0.1, 0.15) is 19.4 Å². The van der Waals surface area contributed by atoms with E-state index in [0.717, 1.165) is 15.8 Å². The normalized spacial score (nSPS) is 11.5. The number of hydrogen-bond donors (Lipinski definition) is 1. The topological polar surface area (TPSA) is 44.5 Å². The van der Waals surface area contributed by atoms with E-state index in [1.807, 2.05) is 18.2 Å². The van der Waals surface area contributed by atoms with Crippen LogP contribution in [0.2, 0.25) is 0 Å². The zero-order valence-corrected chi connectivity index (χ0v) is 10.8. The van der Waals surface area contributed by atoms with Gasteiger partial charge in [0.25, 0.3) is 0 Å². The third-order valence-corrected chi connectivity index (χ3v) is 3.00. The van der Waals surface area contributed by atoms with Crippen molar-refractivity contribution in [1.82, 2.24) is 0 Å². The summed E-state index contributed by atoms with van der Waals surface area (Å²) in [5, 5.41) is 0. The summed E-state index contributed by atoms with van der Waals surface area (Å²) < 4.78 is 6.11. The Bertz CT molecular complexity index is 339. The number of rotatable bonds is 4. The minimum Gasteiger partial charge on any atom is -0.496 e. The van der Waals surface area contributed by atoms with Crippen molar-refractivity contribution >= 4 is 15.9 Å². The lowest BCUT2D eigenvalue weighted by Crippen LogP contribution is -2.26. The first kappa shape index (κ1) is 12.5. The van der Waals surface area contributed by atoms with Crippen LogP contribution in [0.25, 0.3) is 0 Å². The largest absolute Gasteiger partial charge is 0.496 e. The molecule has 84 valence electrons. The first-order chi connectivity index (χ1) is 7.01. The fraction of sp³-hybridized carbons (Fsp3) is 0.455. The fourth-order valence-electron chi connectivity index (χ4n) is 1.38. The van der Waals surface area contributed by atoms with Gasteiger partial charge in [0.1, 0.15) is 5.75 Å². The van der Waals surface area contributed by atoms with E-state index < -0.39 is 0 Å². The van der Waals surface area contributed by atoms with Gasteiger partial charge in [0.15, 0.2) is 0 Å². The summed E-state index contributed by atoms with van der Waals surface area (Å²) in [4.78, 5) is 4.71. The summed E-state index contributed by atoms with van der Waals surface area (Å²) in [7, 11) is 1.65. The molecule has 0 bridgehead atoms. The zero-order chi connectivity index (χ0) is 11.5. The Morgan fingerprint density at radius 3 is 2.53 bits per heavy atom. The highest BCUT2D eigenvalue weighted by Crippen LogP contribution is 2.31. The molecule has 3 nitrogen and oxygen atoms in total. The maximum atomic E-state index is 5.17. The molecule has 0 aliphatic rings. The van der Waals surface area contributed by atoms with Crippen LogP contribution >= 0.6 is 15.9 Å².